The molecule has 0 amide bonds. The van der Waals surface area contributed by atoms with Crippen LogP contribution >= 0.6 is 0 Å². The molecule has 1 rings (SSSR count). The Morgan fingerprint density at radius 1 is 1.17 bits per heavy atom. The Kier molecular flexibility index (Phi) is 8.57. The number of rotatable bonds is 10. The molecule has 132 valence electrons. The number of hydrogen-bond acceptors (Lipinski definition) is 6. The van der Waals surface area contributed by atoms with Gasteiger partial charge >= 0.3 is 5.97 Å². The zero-order chi connectivity index (χ0) is 17.9. The number of ketones is 1. The zero-order valence-electron chi connectivity index (χ0n) is 14.7. The monoisotopic (exact) mass is 335 g/mol. The van der Waals surface area contributed by atoms with Crippen LogP contribution in [0.25, 0.3) is 0 Å². The number of methoxy groups -OCH3 is 1. The Morgan fingerprint density at radius 2 is 1.83 bits per heavy atom. The molecule has 0 heterocycles. The molecule has 0 saturated carbocycles. The van der Waals surface area contributed by atoms with Crippen LogP contribution in [0.4, 0.5) is 0 Å². The van der Waals surface area contributed by atoms with E-state index in [0.29, 0.717) is 13.0 Å². The molecular formula is C18H25NO5. The molecule has 0 aromatic heterocycles. The highest BCUT2D eigenvalue weighted by Crippen LogP contribution is 2.11. The summed E-state index contributed by atoms with van der Waals surface area (Å²) in [6.45, 7) is 2.14. The standard InChI is InChI=1S/C18H25NO5/c1-5-24-18(21)16(12-19(2)3)17(20)13-23-11-10-14-6-8-15(22-4)9-7-14/h6-9,12H,5,10-11,13H2,1-4H3. The van der Waals surface area contributed by atoms with Crippen molar-refractivity contribution in [3.63, 3.8) is 0 Å². The topological polar surface area (TPSA) is 65.1 Å². The summed E-state index contributed by atoms with van der Waals surface area (Å²) in [4.78, 5) is 25.6. The Balaban J connectivity index is 2.48. The Morgan fingerprint density at radius 3 is 2.38 bits per heavy atom. The van der Waals surface area contributed by atoms with Crippen LogP contribution in [0, 0.1) is 0 Å². The molecule has 6 nitrogen and oxygen atoms in total. The second-order valence-corrected chi connectivity index (χ2v) is 5.30. The van der Waals surface area contributed by atoms with Crippen LogP contribution in [0.2, 0.25) is 0 Å². The summed E-state index contributed by atoms with van der Waals surface area (Å²) >= 11 is 0. The molecule has 0 N–H and O–H groups in total. The lowest BCUT2D eigenvalue weighted by Gasteiger charge is -2.11. The average Bonchev–Trinajstić information content (AvgIpc) is 2.57. The normalized spacial score (nSPS) is 11.1. The van der Waals surface area contributed by atoms with Gasteiger partial charge in [0.2, 0.25) is 0 Å². The van der Waals surface area contributed by atoms with Gasteiger partial charge in [-0.1, -0.05) is 12.1 Å². The minimum absolute atomic E-state index is 0.00806. The molecule has 6 heteroatoms. The van der Waals surface area contributed by atoms with Gasteiger partial charge in [0.05, 0.1) is 20.3 Å². The SMILES string of the molecule is CCOC(=O)C(=CN(C)C)C(=O)COCCc1ccc(OC)cc1. The van der Waals surface area contributed by atoms with Crippen molar-refractivity contribution in [1.82, 2.24) is 4.90 Å². The van der Waals surface area contributed by atoms with Gasteiger partial charge in [-0.2, -0.15) is 0 Å². The van der Waals surface area contributed by atoms with Gasteiger partial charge in [-0.15, -0.1) is 0 Å². The van der Waals surface area contributed by atoms with Gasteiger partial charge in [-0.25, -0.2) is 4.79 Å². The molecule has 0 aliphatic heterocycles. The van der Waals surface area contributed by atoms with Crippen LogP contribution in [-0.2, 0) is 25.5 Å². The van der Waals surface area contributed by atoms with E-state index < -0.39 is 11.8 Å². The summed E-state index contributed by atoms with van der Waals surface area (Å²) in [5, 5.41) is 0. The number of hydrogen-bond donors (Lipinski definition) is 0. The molecule has 0 spiro atoms. The molecule has 0 radical (unpaired) electrons. The van der Waals surface area contributed by atoms with E-state index in [1.54, 1.807) is 33.0 Å². The summed E-state index contributed by atoms with van der Waals surface area (Å²) in [7, 11) is 5.08. The second-order valence-electron chi connectivity index (χ2n) is 5.30. The van der Waals surface area contributed by atoms with Gasteiger partial charge in [0.25, 0.3) is 0 Å². The maximum atomic E-state index is 12.2. The van der Waals surface area contributed by atoms with Crippen LogP contribution in [0.15, 0.2) is 36.0 Å². The van der Waals surface area contributed by atoms with Crippen molar-refractivity contribution in [3.8, 4) is 5.75 Å². The molecule has 1 aromatic rings. The first-order valence-electron chi connectivity index (χ1n) is 7.77. The van der Waals surface area contributed by atoms with Crippen molar-refractivity contribution < 1.29 is 23.8 Å². The van der Waals surface area contributed by atoms with Crippen molar-refractivity contribution in [2.75, 3.05) is 41.0 Å². The van der Waals surface area contributed by atoms with E-state index in [9.17, 15) is 9.59 Å². The van der Waals surface area contributed by atoms with Crippen LogP contribution in [0.5, 0.6) is 5.75 Å². The highest BCUT2D eigenvalue weighted by atomic mass is 16.5. The third-order valence-corrected chi connectivity index (χ3v) is 3.11. The number of ether oxygens (including phenoxy) is 3. The van der Waals surface area contributed by atoms with Gasteiger partial charge in [-0.05, 0) is 31.0 Å². The molecule has 0 aliphatic rings. The predicted molar refractivity (Wildman–Crippen MR) is 90.9 cm³/mol. The first-order valence-corrected chi connectivity index (χ1v) is 7.77. The number of benzene rings is 1. The Bertz CT molecular complexity index is 563. The van der Waals surface area contributed by atoms with Crippen molar-refractivity contribution in [2.24, 2.45) is 0 Å². The Hall–Kier alpha value is -2.34. The van der Waals surface area contributed by atoms with Crippen LogP contribution in [0.1, 0.15) is 12.5 Å². The third kappa shape index (κ3) is 6.83. The van der Waals surface area contributed by atoms with Crippen molar-refractivity contribution in [2.45, 2.75) is 13.3 Å². The maximum absolute atomic E-state index is 12.2. The van der Waals surface area contributed by atoms with Gasteiger partial charge < -0.3 is 19.1 Å². The lowest BCUT2D eigenvalue weighted by Crippen LogP contribution is -2.23. The van der Waals surface area contributed by atoms with Gasteiger partial charge in [-0.3, -0.25) is 4.79 Å². The molecular weight excluding hydrogens is 310 g/mol. The zero-order valence-corrected chi connectivity index (χ0v) is 14.7. The fourth-order valence-corrected chi connectivity index (χ4v) is 1.93. The second kappa shape index (κ2) is 10.4. The molecule has 1 aromatic carbocycles. The van der Waals surface area contributed by atoms with Gasteiger partial charge in [0.1, 0.15) is 17.9 Å². The highest BCUT2D eigenvalue weighted by Gasteiger charge is 2.20. The van der Waals surface area contributed by atoms with E-state index in [1.165, 1.54) is 6.20 Å². The summed E-state index contributed by atoms with van der Waals surface area (Å²) in [5.74, 6) is -0.227. The number of carbonyl (C=O) groups is 2. The van der Waals surface area contributed by atoms with Crippen LogP contribution in [-0.4, -0.2) is 57.7 Å². The molecule has 24 heavy (non-hydrogen) atoms. The molecule has 0 fully saturated rings. The molecule has 0 saturated heterocycles. The van der Waals surface area contributed by atoms with E-state index in [0.717, 1.165) is 11.3 Å². The number of Topliss-reactive ketones (excluding diaryl/α,β-unsaturated/α-hetero) is 1. The third-order valence-electron chi connectivity index (χ3n) is 3.11. The number of nitrogens with zero attached hydrogens (tertiary/aromatic N) is 1. The lowest BCUT2D eigenvalue weighted by molar-refractivity contribution is -0.140. The summed E-state index contributed by atoms with van der Waals surface area (Å²) in [6, 6.07) is 7.64. The number of esters is 1. The minimum atomic E-state index is -0.630. The Labute approximate surface area is 143 Å². The fraction of sp³-hybridized carbons (Fsp3) is 0.444. The molecule has 0 unspecified atom stereocenters. The first-order chi connectivity index (χ1) is 11.5. The minimum Gasteiger partial charge on any atom is -0.497 e. The quantitative estimate of drug-likeness (QED) is 0.214. The predicted octanol–water partition coefficient (Wildman–Crippen LogP) is 1.83. The first kappa shape index (κ1) is 19.7. The highest BCUT2D eigenvalue weighted by molar-refractivity contribution is 6.17. The summed E-state index contributed by atoms with van der Waals surface area (Å²) in [6.07, 6.45) is 2.12. The van der Waals surface area contributed by atoms with E-state index in [1.807, 2.05) is 24.3 Å². The van der Waals surface area contributed by atoms with Crippen LogP contribution < -0.4 is 4.74 Å². The molecule has 0 aliphatic carbocycles. The van der Waals surface area contributed by atoms with Gasteiger partial charge in [0, 0.05) is 20.3 Å². The summed E-state index contributed by atoms with van der Waals surface area (Å²) < 4.78 is 15.4. The van der Waals surface area contributed by atoms with Gasteiger partial charge in [0.15, 0.2) is 5.78 Å². The lowest BCUT2D eigenvalue weighted by atomic mass is 10.1. The van der Waals surface area contributed by atoms with E-state index >= 15 is 0 Å². The smallest absolute Gasteiger partial charge is 0.343 e. The average molecular weight is 335 g/mol. The van der Waals surface area contributed by atoms with Crippen LogP contribution in [0.3, 0.4) is 0 Å². The molecule has 0 atom stereocenters. The van der Waals surface area contributed by atoms with Crippen molar-refractivity contribution in [1.29, 1.82) is 0 Å². The number of carbonyl (C=O) groups excluding carboxylic acids is 2. The van der Waals surface area contributed by atoms with E-state index in [4.69, 9.17) is 14.2 Å². The fourth-order valence-electron chi connectivity index (χ4n) is 1.93. The van der Waals surface area contributed by atoms with E-state index in [2.05, 4.69) is 0 Å². The van der Waals surface area contributed by atoms with Crippen molar-refractivity contribution in [3.05, 3.63) is 41.6 Å². The van der Waals surface area contributed by atoms with Crippen molar-refractivity contribution >= 4 is 11.8 Å². The van der Waals surface area contributed by atoms with E-state index in [-0.39, 0.29) is 18.8 Å². The maximum Gasteiger partial charge on any atom is 0.343 e. The largest absolute Gasteiger partial charge is 0.497 e. The molecule has 0 bridgehead atoms. The summed E-state index contributed by atoms with van der Waals surface area (Å²) in [5.41, 5.74) is 1.07.